The van der Waals surface area contributed by atoms with Crippen LogP contribution >= 0.6 is 22.9 Å². The first kappa shape index (κ1) is 29.5. The number of hydrogen-bond donors (Lipinski definition) is 3. The van der Waals surface area contributed by atoms with Crippen LogP contribution in [-0.2, 0) is 27.3 Å². The molecule has 4 amide bonds. The zero-order chi connectivity index (χ0) is 28.0. The Balaban J connectivity index is 1.74. The summed E-state index contributed by atoms with van der Waals surface area (Å²) in [5.74, 6) is -2.48. The molecule has 13 heteroatoms. The molecule has 0 radical (unpaired) electrons. The van der Waals surface area contributed by atoms with Crippen molar-refractivity contribution in [3.63, 3.8) is 0 Å². The molecule has 0 spiro atoms. The molecule has 3 N–H and O–H groups in total. The minimum Gasteiger partial charge on any atom is -0.349 e. The van der Waals surface area contributed by atoms with E-state index in [2.05, 4.69) is 30.8 Å². The van der Waals surface area contributed by atoms with E-state index < -0.39 is 23.9 Å². The molecule has 0 saturated carbocycles. The van der Waals surface area contributed by atoms with Gasteiger partial charge in [0, 0.05) is 62.7 Å². The standard InChI is InChI=1S/C25H34ClN7O4S/c1-6-15(25(37)32(3)4)11-18(29-23(36)24-30-17-9-10-33(5)13-19(17)38-24)14(2)28-21(34)22(35)31-20-8-7-16(26)12-27-20/h7-8,12,14-15,18H,6,9-11,13H2,1-5H3,(H,28,34)(H,29,36)(H,27,31,35)/t14-,15-,18+/m0/s1. The maximum atomic E-state index is 13.2. The quantitative estimate of drug-likeness (QED) is 0.396. The molecule has 3 rings (SSSR count). The maximum Gasteiger partial charge on any atom is 0.314 e. The molecule has 1 aliphatic rings. The number of amides is 4. The number of rotatable bonds is 9. The predicted molar refractivity (Wildman–Crippen MR) is 146 cm³/mol. The highest BCUT2D eigenvalue weighted by atomic mass is 35.5. The minimum absolute atomic E-state index is 0.0791. The van der Waals surface area contributed by atoms with Gasteiger partial charge in [-0.2, -0.15) is 0 Å². The lowest BCUT2D eigenvalue weighted by Gasteiger charge is -2.29. The molecule has 0 saturated heterocycles. The van der Waals surface area contributed by atoms with Crippen molar-refractivity contribution in [1.29, 1.82) is 0 Å². The van der Waals surface area contributed by atoms with Crippen LogP contribution < -0.4 is 16.0 Å². The van der Waals surface area contributed by atoms with E-state index in [0.717, 1.165) is 30.1 Å². The highest BCUT2D eigenvalue weighted by Gasteiger charge is 2.31. The zero-order valence-electron chi connectivity index (χ0n) is 22.2. The molecule has 0 aliphatic carbocycles. The van der Waals surface area contributed by atoms with Gasteiger partial charge in [0.05, 0.1) is 10.7 Å². The predicted octanol–water partition coefficient (Wildman–Crippen LogP) is 1.93. The van der Waals surface area contributed by atoms with Crippen LogP contribution in [0.2, 0.25) is 5.02 Å². The van der Waals surface area contributed by atoms with Crippen LogP contribution in [0.3, 0.4) is 0 Å². The van der Waals surface area contributed by atoms with Crippen LogP contribution in [0, 0.1) is 5.92 Å². The van der Waals surface area contributed by atoms with Crippen molar-refractivity contribution in [2.45, 2.75) is 51.7 Å². The average molecular weight is 564 g/mol. The molecule has 11 nitrogen and oxygen atoms in total. The number of anilines is 1. The molecule has 2 aromatic rings. The van der Waals surface area contributed by atoms with Crippen molar-refractivity contribution in [3.8, 4) is 0 Å². The lowest BCUT2D eigenvalue weighted by Crippen LogP contribution is -2.53. The van der Waals surface area contributed by atoms with Crippen LogP contribution in [0.25, 0.3) is 0 Å². The first-order valence-electron chi connectivity index (χ1n) is 12.4. The third-order valence-electron chi connectivity index (χ3n) is 6.39. The molecule has 0 aromatic carbocycles. The second-order valence-electron chi connectivity index (χ2n) is 9.61. The van der Waals surface area contributed by atoms with Gasteiger partial charge in [0.25, 0.3) is 5.91 Å². The first-order valence-corrected chi connectivity index (χ1v) is 13.6. The van der Waals surface area contributed by atoms with Gasteiger partial charge in [0.1, 0.15) is 5.82 Å². The summed E-state index contributed by atoms with van der Waals surface area (Å²) in [5.41, 5.74) is 0.929. The molecule has 1 aliphatic heterocycles. The number of thiazole rings is 1. The molecule has 0 fully saturated rings. The van der Waals surface area contributed by atoms with Crippen LogP contribution in [-0.4, -0.2) is 83.2 Å². The van der Waals surface area contributed by atoms with Gasteiger partial charge in [0.15, 0.2) is 5.01 Å². The number of halogens is 1. The normalized spacial score (nSPS) is 15.5. The molecule has 0 bridgehead atoms. The highest BCUT2D eigenvalue weighted by Crippen LogP contribution is 2.25. The highest BCUT2D eigenvalue weighted by molar-refractivity contribution is 7.13. The number of pyridine rings is 1. The second kappa shape index (κ2) is 13.1. The summed E-state index contributed by atoms with van der Waals surface area (Å²) in [4.78, 5) is 64.3. The Bertz CT molecular complexity index is 1170. The van der Waals surface area contributed by atoms with Crippen LogP contribution in [0.4, 0.5) is 5.82 Å². The lowest BCUT2D eigenvalue weighted by atomic mass is 9.92. The van der Waals surface area contributed by atoms with Crippen molar-refractivity contribution >= 4 is 52.4 Å². The van der Waals surface area contributed by atoms with Crippen LogP contribution in [0.15, 0.2) is 18.3 Å². The number of nitrogens with one attached hydrogen (secondary N) is 3. The van der Waals surface area contributed by atoms with E-state index in [-0.39, 0.29) is 30.0 Å². The molecule has 38 heavy (non-hydrogen) atoms. The molecular formula is C25H34ClN7O4S. The average Bonchev–Trinajstić information content (AvgIpc) is 3.30. The van der Waals surface area contributed by atoms with E-state index in [1.54, 1.807) is 21.0 Å². The van der Waals surface area contributed by atoms with Crippen molar-refractivity contribution in [1.82, 2.24) is 30.4 Å². The fourth-order valence-corrected chi connectivity index (χ4v) is 5.35. The monoisotopic (exact) mass is 563 g/mol. The number of carbonyl (C=O) groups excluding carboxylic acids is 4. The molecule has 2 aromatic heterocycles. The van der Waals surface area contributed by atoms with E-state index in [1.807, 2.05) is 14.0 Å². The summed E-state index contributed by atoms with van der Waals surface area (Å²) in [6.45, 7) is 5.20. The maximum absolute atomic E-state index is 13.2. The van der Waals surface area contributed by atoms with E-state index in [1.165, 1.54) is 34.6 Å². The van der Waals surface area contributed by atoms with Crippen molar-refractivity contribution in [2.75, 3.05) is 33.0 Å². The van der Waals surface area contributed by atoms with Gasteiger partial charge in [-0.05, 0) is 38.9 Å². The van der Waals surface area contributed by atoms with Crippen LogP contribution in [0.1, 0.15) is 47.1 Å². The van der Waals surface area contributed by atoms with E-state index in [9.17, 15) is 19.2 Å². The summed E-state index contributed by atoms with van der Waals surface area (Å²) >= 11 is 7.16. The number of aromatic nitrogens is 2. The summed E-state index contributed by atoms with van der Waals surface area (Å²) in [7, 11) is 5.38. The third-order valence-corrected chi connectivity index (χ3v) is 7.70. The molecule has 3 atom stereocenters. The Morgan fingerprint density at radius 3 is 2.55 bits per heavy atom. The number of nitrogens with zero attached hydrogens (tertiary/aromatic N) is 4. The Morgan fingerprint density at radius 2 is 1.92 bits per heavy atom. The molecule has 206 valence electrons. The Hall–Kier alpha value is -3.09. The van der Waals surface area contributed by atoms with Crippen LogP contribution in [0.5, 0.6) is 0 Å². The Kier molecular flexibility index (Phi) is 10.2. The van der Waals surface area contributed by atoms with E-state index >= 15 is 0 Å². The summed E-state index contributed by atoms with van der Waals surface area (Å²) in [5, 5.41) is 8.77. The molecule has 3 heterocycles. The van der Waals surface area contributed by atoms with E-state index in [0.29, 0.717) is 16.5 Å². The number of fused-ring (bicyclic) bond motifs is 1. The van der Waals surface area contributed by atoms with Gasteiger partial charge in [-0.25, -0.2) is 9.97 Å². The fraction of sp³-hybridized carbons (Fsp3) is 0.520. The third kappa shape index (κ3) is 7.71. The largest absolute Gasteiger partial charge is 0.349 e. The van der Waals surface area contributed by atoms with Gasteiger partial charge in [-0.3, -0.25) is 19.2 Å². The SMILES string of the molecule is CC[C@@H](C[C@@H](NC(=O)c1nc2c(s1)CN(C)CC2)[C@H](C)NC(=O)C(=O)Nc1ccc(Cl)cn1)C(=O)N(C)C. The smallest absolute Gasteiger partial charge is 0.314 e. The summed E-state index contributed by atoms with van der Waals surface area (Å²) < 4.78 is 0. The number of likely N-dealkylation sites (N-methyl/N-ethyl adjacent to an activating group) is 1. The molecular weight excluding hydrogens is 530 g/mol. The van der Waals surface area contributed by atoms with Gasteiger partial charge >= 0.3 is 11.8 Å². The van der Waals surface area contributed by atoms with Gasteiger partial charge in [-0.1, -0.05) is 18.5 Å². The Morgan fingerprint density at radius 1 is 1.18 bits per heavy atom. The second-order valence-corrected chi connectivity index (χ2v) is 11.1. The lowest BCUT2D eigenvalue weighted by molar-refractivity contribution is -0.136. The molecule has 0 unspecified atom stereocenters. The van der Waals surface area contributed by atoms with E-state index in [4.69, 9.17) is 11.6 Å². The summed E-state index contributed by atoms with van der Waals surface area (Å²) in [6.07, 6.45) is 2.95. The topological polar surface area (TPSA) is 137 Å². The van der Waals surface area contributed by atoms with Gasteiger partial charge in [-0.15, -0.1) is 11.3 Å². The first-order chi connectivity index (χ1) is 18.0. The van der Waals surface area contributed by atoms with Crippen molar-refractivity contribution in [2.24, 2.45) is 5.92 Å². The minimum atomic E-state index is -0.912. The zero-order valence-corrected chi connectivity index (χ0v) is 23.8. The summed E-state index contributed by atoms with van der Waals surface area (Å²) in [6, 6.07) is 1.71. The number of carbonyl (C=O) groups is 4. The fourth-order valence-electron chi connectivity index (χ4n) is 4.15. The van der Waals surface area contributed by atoms with Crippen molar-refractivity contribution < 1.29 is 19.2 Å². The van der Waals surface area contributed by atoms with Gasteiger partial charge in [0.2, 0.25) is 5.91 Å². The number of hydrogen-bond acceptors (Lipinski definition) is 8. The van der Waals surface area contributed by atoms with Gasteiger partial charge < -0.3 is 25.8 Å². The van der Waals surface area contributed by atoms with Crippen molar-refractivity contribution in [3.05, 3.63) is 38.9 Å². The Labute approximate surface area is 231 Å².